The van der Waals surface area contributed by atoms with Gasteiger partial charge in [0, 0.05) is 12.8 Å². The van der Waals surface area contributed by atoms with Gasteiger partial charge in [-0.25, -0.2) is 0 Å². The fourth-order valence-electron chi connectivity index (χ4n) is 12.5. The van der Waals surface area contributed by atoms with Crippen molar-refractivity contribution >= 4 is 19.8 Å². The summed E-state index contributed by atoms with van der Waals surface area (Å²) < 4.78 is 34.4. The zero-order valence-corrected chi connectivity index (χ0v) is 61.1. The summed E-state index contributed by atoms with van der Waals surface area (Å²) in [5.74, 6) is -0.802. The van der Waals surface area contributed by atoms with Gasteiger partial charge in [0.1, 0.15) is 19.8 Å². The monoisotopic (exact) mass is 1270 g/mol. The van der Waals surface area contributed by atoms with Crippen LogP contribution in [0, 0.1) is 0 Å². The van der Waals surface area contributed by atoms with E-state index in [1.165, 1.54) is 372 Å². The van der Waals surface area contributed by atoms with Gasteiger partial charge in [-0.05, 0) is 12.8 Å². The van der Waals surface area contributed by atoms with Crippen LogP contribution in [0.2, 0.25) is 0 Å². The second-order valence-electron chi connectivity index (χ2n) is 28.8. The van der Waals surface area contributed by atoms with E-state index in [0.717, 1.165) is 32.1 Å². The Morgan fingerprint density at radius 3 is 0.727 bits per heavy atom. The highest BCUT2D eigenvalue weighted by Crippen LogP contribution is 2.38. The smallest absolute Gasteiger partial charge is 0.306 e. The van der Waals surface area contributed by atoms with E-state index in [4.69, 9.17) is 18.5 Å². The van der Waals surface area contributed by atoms with Gasteiger partial charge in [-0.2, -0.15) is 0 Å². The summed E-state index contributed by atoms with van der Waals surface area (Å²) in [4.78, 5) is 38.1. The van der Waals surface area contributed by atoms with Gasteiger partial charge in [0.25, 0.3) is 7.82 Å². The molecule has 0 saturated carbocycles. The molecule has 0 heterocycles. The van der Waals surface area contributed by atoms with Crippen molar-refractivity contribution in [2.24, 2.45) is 0 Å². The predicted molar refractivity (Wildman–Crippen MR) is 379 cm³/mol. The Morgan fingerprint density at radius 1 is 0.307 bits per heavy atom. The molecule has 0 rings (SSSR count). The first kappa shape index (κ1) is 87.0. The van der Waals surface area contributed by atoms with E-state index in [1.807, 2.05) is 21.1 Å². The van der Waals surface area contributed by atoms with Gasteiger partial charge in [-0.15, -0.1) is 0 Å². The number of rotatable bonds is 76. The van der Waals surface area contributed by atoms with Crippen molar-refractivity contribution in [2.45, 2.75) is 444 Å². The van der Waals surface area contributed by atoms with Crippen molar-refractivity contribution in [3.05, 3.63) is 0 Å². The second-order valence-corrected chi connectivity index (χ2v) is 30.2. The molecule has 0 saturated heterocycles. The molecule has 0 spiro atoms. The van der Waals surface area contributed by atoms with Crippen LogP contribution in [-0.4, -0.2) is 70.0 Å². The van der Waals surface area contributed by atoms with Crippen molar-refractivity contribution < 1.29 is 42.1 Å². The molecule has 0 aromatic heterocycles. The van der Waals surface area contributed by atoms with Crippen LogP contribution < -0.4 is 4.89 Å². The third kappa shape index (κ3) is 74.1. The number of phosphoric acid groups is 1. The second kappa shape index (κ2) is 70.3. The van der Waals surface area contributed by atoms with E-state index >= 15 is 0 Å². The van der Waals surface area contributed by atoms with Crippen LogP contribution in [0.1, 0.15) is 438 Å². The highest BCUT2D eigenvalue weighted by molar-refractivity contribution is 7.45. The number of nitrogens with zero attached hydrogens (tertiary/aromatic N) is 1. The molecule has 0 amide bonds. The van der Waals surface area contributed by atoms with Gasteiger partial charge in [0.2, 0.25) is 0 Å². The summed E-state index contributed by atoms with van der Waals surface area (Å²) in [6.07, 6.45) is 86.7. The first-order valence-electron chi connectivity index (χ1n) is 39.7. The van der Waals surface area contributed by atoms with Crippen LogP contribution in [0.3, 0.4) is 0 Å². The van der Waals surface area contributed by atoms with Gasteiger partial charge < -0.3 is 27.9 Å². The summed E-state index contributed by atoms with van der Waals surface area (Å²) in [5.41, 5.74) is 0. The molecule has 10 heteroatoms. The number of likely N-dealkylation sites (N-methyl/N-ethyl adjacent to an activating group) is 1. The van der Waals surface area contributed by atoms with Crippen molar-refractivity contribution in [1.29, 1.82) is 0 Å². The number of phosphoric ester groups is 1. The van der Waals surface area contributed by atoms with Crippen molar-refractivity contribution in [1.82, 2.24) is 0 Å². The highest BCUT2D eigenvalue weighted by Gasteiger charge is 2.22. The third-order valence-corrected chi connectivity index (χ3v) is 19.6. The number of hydrogen-bond acceptors (Lipinski definition) is 8. The fourth-order valence-corrected chi connectivity index (χ4v) is 13.3. The minimum atomic E-state index is -4.64. The molecule has 0 fully saturated rings. The standard InChI is InChI=1S/C78H156NO8P/c1-6-8-10-12-14-16-18-20-22-24-26-28-30-31-32-33-34-35-36-37-38-39-40-41-42-43-44-45-46-47-49-51-53-55-57-59-61-63-65-67-69-71-78(81)87-76(75-86-88(82,83)85-73-72-79(3,4)5)74-84-77(80)70-68-66-64-62-60-58-56-54-52-50-48-29-27-25-23-21-19-17-15-13-11-9-7-2/h76H,6-75H2,1-5H3. The van der Waals surface area contributed by atoms with Crippen molar-refractivity contribution in [2.75, 3.05) is 47.5 Å². The first-order valence-corrected chi connectivity index (χ1v) is 41.2. The minimum Gasteiger partial charge on any atom is -0.756 e. The first-order chi connectivity index (χ1) is 43.0. The number of ether oxygens (including phenoxy) is 2. The molecule has 0 aliphatic heterocycles. The summed E-state index contributed by atoms with van der Waals surface area (Å²) in [6.45, 7) is 4.34. The molecule has 526 valence electrons. The van der Waals surface area contributed by atoms with E-state index in [1.54, 1.807) is 0 Å². The van der Waals surface area contributed by atoms with Gasteiger partial charge >= 0.3 is 11.9 Å². The molecule has 2 atom stereocenters. The van der Waals surface area contributed by atoms with Crippen LogP contribution in [0.4, 0.5) is 0 Å². The van der Waals surface area contributed by atoms with Crippen LogP contribution >= 0.6 is 7.82 Å². The fraction of sp³-hybridized carbons (Fsp3) is 0.974. The summed E-state index contributed by atoms with van der Waals surface area (Å²) in [6, 6.07) is 0. The van der Waals surface area contributed by atoms with Gasteiger partial charge in [-0.3, -0.25) is 14.2 Å². The maximum atomic E-state index is 12.9. The lowest BCUT2D eigenvalue weighted by Gasteiger charge is -2.28. The molecule has 0 aromatic carbocycles. The zero-order valence-electron chi connectivity index (χ0n) is 60.2. The third-order valence-electron chi connectivity index (χ3n) is 18.6. The topological polar surface area (TPSA) is 111 Å². The molecule has 0 aromatic rings. The Labute approximate surface area is 550 Å². The quantitative estimate of drug-likeness (QED) is 0.0256. The van der Waals surface area contributed by atoms with Gasteiger partial charge in [0.05, 0.1) is 27.7 Å². The van der Waals surface area contributed by atoms with E-state index in [-0.39, 0.29) is 32.0 Å². The van der Waals surface area contributed by atoms with E-state index in [2.05, 4.69) is 13.8 Å². The molecule has 0 aliphatic carbocycles. The number of esters is 2. The van der Waals surface area contributed by atoms with Crippen LogP contribution in [-0.2, 0) is 32.7 Å². The molecule has 0 radical (unpaired) electrons. The summed E-state index contributed by atoms with van der Waals surface area (Å²) in [5, 5.41) is 0. The van der Waals surface area contributed by atoms with Crippen molar-refractivity contribution in [3.63, 3.8) is 0 Å². The average Bonchev–Trinajstić information content (AvgIpc) is 3.58. The molecule has 0 bridgehead atoms. The van der Waals surface area contributed by atoms with E-state index in [0.29, 0.717) is 17.4 Å². The number of carbonyl (C=O) groups is 2. The molecule has 88 heavy (non-hydrogen) atoms. The Bertz CT molecular complexity index is 1440. The predicted octanol–water partition coefficient (Wildman–Crippen LogP) is 25.4. The van der Waals surface area contributed by atoms with Gasteiger partial charge in [0.15, 0.2) is 6.10 Å². The van der Waals surface area contributed by atoms with Crippen LogP contribution in [0.5, 0.6) is 0 Å². The Hall–Kier alpha value is -0.990. The van der Waals surface area contributed by atoms with Crippen molar-refractivity contribution in [3.8, 4) is 0 Å². The zero-order chi connectivity index (χ0) is 64.1. The molecule has 2 unspecified atom stereocenters. The lowest BCUT2D eigenvalue weighted by atomic mass is 10.0. The molecular weight excluding hydrogens is 1110 g/mol. The maximum Gasteiger partial charge on any atom is 0.306 e. The van der Waals surface area contributed by atoms with Gasteiger partial charge in [-0.1, -0.05) is 412 Å². The van der Waals surface area contributed by atoms with Crippen LogP contribution in [0.25, 0.3) is 0 Å². The van der Waals surface area contributed by atoms with E-state index < -0.39 is 26.5 Å². The number of unbranched alkanes of at least 4 members (excludes halogenated alkanes) is 62. The Balaban J connectivity index is 3.83. The molecule has 9 nitrogen and oxygen atoms in total. The molecular formula is C78H156NO8P. The molecule has 0 aliphatic rings. The molecule has 0 N–H and O–H groups in total. The van der Waals surface area contributed by atoms with E-state index in [9.17, 15) is 19.0 Å². The summed E-state index contributed by atoms with van der Waals surface area (Å²) in [7, 11) is 1.20. The Morgan fingerprint density at radius 2 is 0.511 bits per heavy atom. The lowest BCUT2D eigenvalue weighted by molar-refractivity contribution is -0.870. The highest BCUT2D eigenvalue weighted by atomic mass is 31.2. The summed E-state index contributed by atoms with van der Waals surface area (Å²) >= 11 is 0. The number of hydrogen-bond donors (Lipinski definition) is 0. The largest absolute Gasteiger partial charge is 0.756 e. The number of quaternary nitrogens is 1. The normalized spacial score (nSPS) is 12.9. The Kier molecular flexibility index (Phi) is 69.5. The maximum absolute atomic E-state index is 12.9. The SMILES string of the molecule is CCCCCCCCCCCCCCCCCCCCCCCCCCCCCCCCCCCCCCCCCCCC(=O)OC(COC(=O)CCCCCCCCCCCCCCCCCCCCCCCCC)COP(=O)([O-])OCC[N+](C)(C)C. The number of carbonyl (C=O) groups excluding carboxylic acids is 2. The minimum absolute atomic E-state index is 0.0247. The van der Waals surface area contributed by atoms with Crippen LogP contribution in [0.15, 0.2) is 0 Å². The average molecular weight is 1270 g/mol. The lowest BCUT2D eigenvalue weighted by Crippen LogP contribution is -2.37.